The minimum Gasteiger partial charge on any atom is -0.386 e. The van der Waals surface area contributed by atoms with Crippen LogP contribution in [0.3, 0.4) is 0 Å². The first kappa shape index (κ1) is 7.95. The van der Waals surface area contributed by atoms with E-state index in [4.69, 9.17) is 0 Å². The third-order valence-corrected chi connectivity index (χ3v) is 1.95. The van der Waals surface area contributed by atoms with Crippen LogP contribution in [0.2, 0.25) is 0 Å². The van der Waals surface area contributed by atoms with E-state index in [-0.39, 0.29) is 0 Å². The number of halogens is 1. The Labute approximate surface area is 60.4 Å². The molecule has 60 valence electrons. The Kier molecular flexibility index (Phi) is 2.63. The average Bonchev–Trinajstić information content (AvgIpc) is 2.15. The van der Waals surface area contributed by atoms with E-state index in [1.54, 1.807) is 0 Å². The standard InChI is InChI=1S/C7H14FNO/c8-5-7(10)3-1-2-4-9-6-7/h9-10H,1-6H2/t7-/m0/s1. The minimum atomic E-state index is -1.07. The van der Waals surface area contributed by atoms with Crippen molar-refractivity contribution < 1.29 is 9.50 Å². The number of β-amino-alcohol motifs (C(OH)–C–C–N with tert-alkyl or cyclic N) is 1. The van der Waals surface area contributed by atoms with Gasteiger partial charge in [0.1, 0.15) is 12.3 Å². The molecule has 1 heterocycles. The first-order valence-electron chi connectivity index (χ1n) is 3.76. The monoisotopic (exact) mass is 147 g/mol. The van der Waals surface area contributed by atoms with Gasteiger partial charge in [-0.05, 0) is 25.8 Å². The van der Waals surface area contributed by atoms with Crippen molar-refractivity contribution in [3.05, 3.63) is 0 Å². The Morgan fingerprint density at radius 3 is 3.00 bits per heavy atom. The van der Waals surface area contributed by atoms with Crippen LogP contribution in [0, 0.1) is 0 Å². The molecule has 1 aliphatic rings. The fourth-order valence-corrected chi connectivity index (χ4v) is 1.23. The first-order chi connectivity index (χ1) is 4.77. The third-order valence-electron chi connectivity index (χ3n) is 1.95. The maximum Gasteiger partial charge on any atom is 0.119 e. The van der Waals surface area contributed by atoms with E-state index in [1.165, 1.54) is 0 Å². The summed E-state index contributed by atoms with van der Waals surface area (Å²) in [6.45, 7) is 0.686. The van der Waals surface area contributed by atoms with Crippen molar-refractivity contribution in [1.29, 1.82) is 0 Å². The van der Waals surface area contributed by atoms with Gasteiger partial charge in [-0.25, -0.2) is 4.39 Å². The highest BCUT2D eigenvalue weighted by Gasteiger charge is 2.27. The van der Waals surface area contributed by atoms with Gasteiger partial charge in [-0.15, -0.1) is 0 Å². The van der Waals surface area contributed by atoms with Gasteiger partial charge in [0.25, 0.3) is 0 Å². The number of hydrogen-bond donors (Lipinski definition) is 2. The summed E-state index contributed by atoms with van der Waals surface area (Å²) in [5.41, 5.74) is -1.07. The summed E-state index contributed by atoms with van der Waals surface area (Å²) >= 11 is 0. The lowest BCUT2D eigenvalue weighted by molar-refractivity contribution is 0.0123. The van der Waals surface area contributed by atoms with E-state index < -0.39 is 12.3 Å². The number of alkyl halides is 1. The molecule has 0 saturated carbocycles. The second-order valence-corrected chi connectivity index (χ2v) is 2.99. The van der Waals surface area contributed by atoms with Crippen molar-refractivity contribution in [3.63, 3.8) is 0 Å². The van der Waals surface area contributed by atoms with Crippen LogP contribution in [0.15, 0.2) is 0 Å². The van der Waals surface area contributed by atoms with Gasteiger partial charge in [-0.1, -0.05) is 0 Å². The van der Waals surface area contributed by atoms with Gasteiger partial charge in [0.15, 0.2) is 0 Å². The highest BCUT2D eigenvalue weighted by Crippen LogP contribution is 2.16. The molecule has 0 amide bonds. The number of rotatable bonds is 1. The normalized spacial score (nSPS) is 35.4. The molecule has 1 atom stereocenters. The van der Waals surface area contributed by atoms with E-state index in [0.717, 1.165) is 19.4 Å². The van der Waals surface area contributed by atoms with Crippen LogP contribution in [-0.2, 0) is 0 Å². The largest absolute Gasteiger partial charge is 0.386 e. The molecule has 0 radical (unpaired) electrons. The van der Waals surface area contributed by atoms with Gasteiger partial charge in [0, 0.05) is 6.54 Å². The predicted octanol–water partition coefficient (Wildman–Crippen LogP) is 0.460. The van der Waals surface area contributed by atoms with Crippen molar-refractivity contribution in [2.45, 2.75) is 24.9 Å². The molecule has 1 saturated heterocycles. The maximum absolute atomic E-state index is 12.2. The zero-order valence-electron chi connectivity index (χ0n) is 6.07. The second kappa shape index (κ2) is 3.30. The van der Waals surface area contributed by atoms with Gasteiger partial charge in [-0.3, -0.25) is 0 Å². The van der Waals surface area contributed by atoms with Gasteiger partial charge in [-0.2, -0.15) is 0 Å². The van der Waals surface area contributed by atoms with E-state index in [0.29, 0.717) is 13.0 Å². The van der Waals surface area contributed by atoms with Crippen molar-refractivity contribution in [3.8, 4) is 0 Å². The molecule has 2 nitrogen and oxygen atoms in total. The summed E-state index contributed by atoms with van der Waals surface area (Å²) in [6.07, 6.45) is 2.56. The Hall–Kier alpha value is -0.150. The molecule has 1 rings (SSSR count). The second-order valence-electron chi connectivity index (χ2n) is 2.99. The summed E-state index contributed by atoms with van der Waals surface area (Å²) in [5, 5.41) is 12.4. The lowest BCUT2D eigenvalue weighted by Gasteiger charge is -2.21. The van der Waals surface area contributed by atoms with Crippen LogP contribution < -0.4 is 5.32 Å². The Morgan fingerprint density at radius 1 is 1.50 bits per heavy atom. The van der Waals surface area contributed by atoms with Crippen molar-refractivity contribution >= 4 is 0 Å². The molecular weight excluding hydrogens is 133 g/mol. The van der Waals surface area contributed by atoms with Crippen LogP contribution >= 0.6 is 0 Å². The van der Waals surface area contributed by atoms with Gasteiger partial charge in [0.05, 0.1) is 0 Å². The van der Waals surface area contributed by atoms with E-state index in [9.17, 15) is 9.50 Å². The molecule has 0 aromatic rings. The molecule has 0 spiro atoms. The number of nitrogens with one attached hydrogen (secondary N) is 1. The maximum atomic E-state index is 12.2. The van der Waals surface area contributed by atoms with E-state index in [2.05, 4.69) is 5.32 Å². The predicted molar refractivity (Wildman–Crippen MR) is 37.6 cm³/mol. The number of hydrogen-bond acceptors (Lipinski definition) is 2. The third kappa shape index (κ3) is 1.92. The van der Waals surface area contributed by atoms with Gasteiger partial charge < -0.3 is 10.4 Å². The van der Waals surface area contributed by atoms with Crippen molar-refractivity contribution in [2.75, 3.05) is 19.8 Å². The molecule has 0 aliphatic carbocycles. The lowest BCUT2D eigenvalue weighted by Crippen LogP contribution is -2.40. The van der Waals surface area contributed by atoms with Crippen LogP contribution in [0.4, 0.5) is 4.39 Å². The highest BCUT2D eigenvalue weighted by atomic mass is 19.1. The minimum absolute atomic E-state index is 0.406. The molecule has 0 aromatic heterocycles. The topological polar surface area (TPSA) is 32.3 Å². The molecule has 10 heavy (non-hydrogen) atoms. The van der Waals surface area contributed by atoms with Gasteiger partial charge >= 0.3 is 0 Å². The summed E-state index contributed by atoms with van der Waals surface area (Å²) in [5.74, 6) is 0. The summed E-state index contributed by atoms with van der Waals surface area (Å²) in [4.78, 5) is 0. The van der Waals surface area contributed by atoms with Crippen LogP contribution in [-0.4, -0.2) is 30.5 Å². The summed E-state index contributed by atoms with van der Waals surface area (Å²) in [7, 11) is 0. The van der Waals surface area contributed by atoms with Crippen molar-refractivity contribution in [2.24, 2.45) is 0 Å². The molecule has 0 unspecified atom stereocenters. The fraction of sp³-hybridized carbons (Fsp3) is 1.00. The summed E-state index contributed by atoms with van der Waals surface area (Å²) in [6, 6.07) is 0. The molecular formula is C7H14FNO. The Morgan fingerprint density at radius 2 is 2.30 bits per heavy atom. The Bertz CT molecular complexity index is 99.8. The Balaban J connectivity index is 2.41. The zero-order chi connectivity index (χ0) is 7.45. The number of aliphatic hydroxyl groups is 1. The van der Waals surface area contributed by atoms with Crippen molar-refractivity contribution in [1.82, 2.24) is 5.32 Å². The SMILES string of the molecule is O[C@]1(CF)CCCCNC1. The average molecular weight is 147 g/mol. The van der Waals surface area contributed by atoms with Crippen LogP contribution in [0.1, 0.15) is 19.3 Å². The van der Waals surface area contributed by atoms with E-state index >= 15 is 0 Å². The smallest absolute Gasteiger partial charge is 0.119 e. The lowest BCUT2D eigenvalue weighted by atomic mass is 10.0. The first-order valence-corrected chi connectivity index (χ1v) is 3.76. The van der Waals surface area contributed by atoms with Gasteiger partial charge in [0.2, 0.25) is 0 Å². The quantitative estimate of drug-likeness (QED) is 0.564. The molecule has 3 heteroatoms. The molecule has 0 bridgehead atoms. The van der Waals surface area contributed by atoms with Crippen LogP contribution in [0.25, 0.3) is 0 Å². The molecule has 1 aliphatic heterocycles. The highest BCUT2D eigenvalue weighted by molar-refractivity contribution is 4.82. The van der Waals surface area contributed by atoms with E-state index in [1.807, 2.05) is 0 Å². The summed E-state index contributed by atoms with van der Waals surface area (Å²) < 4.78 is 12.2. The molecule has 0 aromatic carbocycles. The molecule has 2 N–H and O–H groups in total. The molecule has 1 fully saturated rings. The fourth-order valence-electron chi connectivity index (χ4n) is 1.23. The zero-order valence-corrected chi connectivity index (χ0v) is 6.07. The van der Waals surface area contributed by atoms with Crippen LogP contribution in [0.5, 0.6) is 0 Å².